The third-order valence-electron chi connectivity index (χ3n) is 3.41. The quantitative estimate of drug-likeness (QED) is 0.688. The van der Waals surface area contributed by atoms with E-state index < -0.39 is 17.2 Å². The van der Waals surface area contributed by atoms with E-state index in [4.69, 9.17) is 13.9 Å². The molecule has 0 aliphatic carbocycles. The molecule has 0 unspecified atom stereocenters. The van der Waals surface area contributed by atoms with Gasteiger partial charge >= 0.3 is 5.97 Å². The number of hydrogen-bond donors (Lipinski definition) is 0. The van der Waals surface area contributed by atoms with E-state index in [0.29, 0.717) is 11.3 Å². The van der Waals surface area contributed by atoms with Crippen LogP contribution in [-0.2, 0) is 4.79 Å². The minimum atomic E-state index is -0.654. The molecule has 0 radical (unpaired) electrons. The predicted molar refractivity (Wildman–Crippen MR) is 85.7 cm³/mol. The Balaban J connectivity index is 2.30. The number of fused-ring (bicyclic) bond motifs is 1. The van der Waals surface area contributed by atoms with E-state index in [2.05, 4.69) is 0 Å². The van der Waals surface area contributed by atoms with Crippen molar-refractivity contribution in [2.45, 2.75) is 6.92 Å². The fraction of sp³-hybridized carbons (Fsp3) is 0.111. The molecule has 0 fully saturated rings. The van der Waals surface area contributed by atoms with Gasteiger partial charge in [0.2, 0.25) is 11.2 Å². The molecule has 1 aromatic heterocycles. The fourth-order valence-corrected chi connectivity index (χ4v) is 2.32. The van der Waals surface area contributed by atoms with Crippen molar-refractivity contribution >= 4 is 16.9 Å². The van der Waals surface area contributed by atoms with Gasteiger partial charge in [-0.2, -0.15) is 0 Å². The highest BCUT2D eigenvalue weighted by molar-refractivity contribution is 5.84. The first-order valence-corrected chi connectivity index (χ1v) is 7.09. The molecule has 0 bridgehead atoms. The molecule has 3 rings (SSSR count). The third kappa shape index (κ3) is 2.86. The van der Waals surface area contributed by atoms with Crippen LogP contribution in [0.3, 0.4) is 0 Å². The van der Waals surface area contributed by atoms with Gasteiger partial charge in [0.25, 0.3) is 0 Å². The summed E-state index contributed by atoms with van der Waals surface area (Å²) in [5.74, 6) is -0.755. The second-order valence-electron chi connectivity index (χ2n) is 5.05. The standard InChI is InChI=1S/C18H13FO5/c1-10(20)23-18-16(21)14-8-5-12(19)9-15(14)24-17(18)11-3-6-13(22-2)7-4-11/h3-9H,1-2H3. The molecular weight excluding hydrogens is 315 g/mol. The van der Waals surface area contributed by atoms with Gasteiger partial charge in [0.05, 0.1) is 12.5 Å². The number of halogens is 1. The molecule has 5 nitrogen and oxygen atoms in total. The molecule has 0 saturated heterocycles. The summed E-state index contributed by atoms with van der Waals surface area (Å²) in [5.41, 5.74) is 0.0225. The van der Waals surface area contributed by atoms with Gasteiger partial charge < -0.3 is 13.9 Å². The van der Waals surface area contributed by atoms with E-state index in [1.54, 1.807) is 24.3 Å². The Labute approximate surface area is 136 Å². The van der Waals surface area contributed by atoms with Crippen molar-refractivity contribution in [1.29, 1.82) is 0 Å². The van der Waals surface area contributed by atoms with E-state index in [1.165, 1.54) is 20.1 Å². The maximum absolute atomic E-state index is 13.4. The third-order valence-corrected chi connectivity index (χ3v) is 3.41. The Morgan fingerprint density at radius 3 is 2.46 bits per heavy atom. The number of carbonyl (C=O) groups excluding carboxylic acids is 1. The zero-order valence-electron chi connectivity index (χ0n) is 13.0. The van der Waals surface area contributed by atoms with Crippen molar-refractivity contribution in [3.8, 4) is 22.8 Å². The second kappa shape index (κ2) is 6.16. The number of ether oxygens (including phenoxy) is 2. The number of rotatable bonds is 3. The van der Waals surface area contributed by atoms with E-state index in [9.17, 15) is 14.0 Å². The fourth-order valence-electron chi connectivity index (χ4n) is 2.32. The maximum Gasteiger partial charge on any atom is 0.308 e. The van der Waals surface area contributed by atoms with Crippen LogP contribution in [0, 0.1) is 5.82 Å². The first-order chi connectivity index (χ1) is 11.5. The average molecular weight is 328 g/mol. The van der Waals surface area contributed by atoms with Crippen LogP contribution in [-0.4, -0.2) is 13.1 Å². The van der Waals surface area contributed by atoms with Gasteiger partial charge in [-0.25, -0.2) is 4.39 Å². The lowest BCUT2D eigenvalue weighted by Gasteiger charge is -2.10. The smallest absolute Gasteiger partial charge is 0.308 e. The van der Waals surface area contributed by atoms with Crippen molar-refractivity contribution in [3.63, 3.8) is 0 Å². The monoisotopic (exact) mass is 328 g/mol. The molecule has 1 heterocycles. The first kappa shape index (κ1) is 15.7. The summed E-state index contributed by atoms with van der Waals surface area (Å²) in [5, 5.41) is 0.130. The van der Waals surface area contributed by atoms with Crippen molar-refractivity contribution in [2.75, 3.05) is 7.11 Å². The maximum atomic E-state index is 13.4. The highest BCUT2D eigenvalue weighted by atomic mass is 19.1. The Morgan fingerprint density at radius 2 is 1.83 bits per heavy atom. The van der Waals surface area contributed by atoms with Crippen molar-refractivity contribution in [1.82, 2.24) is 0 Å². The molecule has 0 atom stereocenters. The van der Waals surface area contributed by atoms with Gasteiger partial charge in [0, 0.05) is 18.6 Å². The molecule has 0 amide bonds. The lowest BCUT2D eigenvalue weighted by Crippen LogP contribution is -2.13. The summed E-state index contributed by atoms with van der Waals surface area (Å²) in [7, 11) is 1.53. The zero-order chi connectivity index (χ0) is 17.3. The minimum absolute atomic E-state index is 0.0518. The van der Waals surface area contributed by atoms with Crippen LogP contribution in [0.1, 0.15) is 6.92 Å². The second-order valence-corrected chi connectivity index (χ2v) is 5.05. The largest absolute Gasteiger partial charge is 0.497 e. The number of benzene rings is 2. The van der Waals surface area contributed by atoms with Crippen molar-refractivity contribution < 1.29 is 23.1 Å². The van der Waals surface area contributed by atoms with Crippen LogP contribution < -0.4 is 14.9 Å². The lowest BCUT2D eigenvalue weighted by atomic mass is 10.1. The normalized spacial score (nSPS) is 10.6. The van der Waals surface area contributed by atoms with Gasteiger partial charge in [-0.15, -0.1) is 0 Å². The highest BCUT2D eigenvalue weighted by Crippen LogP contribution is 2.32. The number of hydrogen-bond acceptors (Lipinski definition) is 5. The van der Waals surface area contributed by atoms with Gasteiger partial charge in [0.1, 0.15) is 17.1 Å². The molecule has 0 aliphatic rings. The Morgan fingerprint density at radius 1 is 1.12 bits per heavy atom. The predicted octanol–water partition coefficient (Wildman–Crippen LogP) is 3.53. The topological polar surface area (TPSA) is 65.7 Å². The molecule has 0 saturated carbocycles. The molecule has 122 valence electrons. The molecule has 0 spiro atoms. The molecule has 3 aromatic rings. The van der Waals surface area contributed by atoms with Crippen LogP contribution in [0.2, 0.25) is 0 Å². The summed E-state index contributed by atoms with van der Waals surface area (Å²) in [6, 6.07) is 10.2. The molecular formula is C18H13FO5. The highest BCUT2D eigenvalue weighted by Gasteiger charge is 2.19. The Hall–Kier alpha value is -3.15. The van der Waals surface area contributed by atoms with Crippen molar-refractivity contribution in [3.05, 3.63) is 58.5 Å². The van der Waals surface area contributed by atoms with Gasteiger partial charge in [-0.3, -0.25) is 9.59 Å². The van der Waals surface area contributed by atoms with E-state index in [1.807, 2.05) is 0 Å². The summed E-state index contributed by atoms with van der Waals surface area (Å²) in [6.45, 7) is 1.19. The van der Waals surface area contributed by atoms with Crippen molar-refractivity contribution in [2.24, 2.45) is 0 Å². The molecule has 0 N–H and O–H groups in total. The molecule has 24 heavy (non-hydrogen) atoms. The Kier molecular flexibility index (Phi) is 4.04. The number of esters is 1. The van der Waals surface area contributed by atoms with Gasteiger partial charge in [-0.1, -0.05) is 0 Å². The van der Waals surface area contributed by atoms with E-state index >= 15 is 0 Å². The van der Waals surface area contributed by atoms with Crippen LogP contribution in [0.25, 0.3) is 22.3 Å². The summed E-state index contributed by atoms with van der Waals surface area (Å²) < 4.78 is 29.2. The lowest BCUT2D eigenvalue weighted by molar-refractivity contribution is -0.131. The van der Waals surface area contributed by atoms with Crippen LogP contribution >= 0.6 is 0 Å². The molecule has 0 aliphatic heterocycles. The van der Waals surface area contributed by atoms with Gasteiger partial charge in [0.15, 0.2) is 5.76 Å². The van der Waals surface area contributed by atoms with Crippen LogP contribution in [0.4, 0.5) is 4.39 Å². The molecule has 6 heteroatoms. The molecule has 2 aromatic carbocycles. The zero-order valence-corrected chi connectivity index (χ0v) is 13.0. The summed E-state index contributed by atoms with van der Waals surface area (Å²) in [4.78, 5) is 24.0. The first-order valence-electron chi connectivity index (χ1n) is 7.09. The summed E-state index contributed by atoms with van der Waals surface area (Å²) >= 11 is 0. The van der Waals surface area contributed by atoms with Crippen LogP contribution in [0.5, 0.6) is 11.5 Å². The SMILES string of the molecule is COc1ccc(-c2oc3cc(F)ccc3c(=O)c2OC(C)=O)cc1. The van der Waals surface area contributed by atoms with E-state index in [-0.39, 0.29) is 22.5 Å². The van der Waals surface area contributed by atoms with E-state index in [0.717, 1.165) is 12.1 Å². The summed E-state index contributed by atoms with van der Waals surface area (Å²) in [6.07, 6.45) is 0. The minimum Gasteiger partial charge on any atom is -0.497 e. The van der Waals surface area contributed by atoms with Gasteiger partial charge in [-0.05, 0) is 36.4 Å². The Bertz CT molecular complexity index is 973. The number of methoxy groups -OCH3 is 1. The number of carbonyl (C=O) groups is 1. The van der Waals surface area contributed by atoms with Crippen LogP contribution in [0.15, 0.2) is 51.7 Å². The average Bonchev–Trinajstić information content (AvgIpc) is 2.57.